The summed E-state index contributed by atoms with van der Waals surface area (Å²) in [5.74, 6) is 1.15. The number of rotatable bonds is 3. The summed E-state index contributed by atoms with van der Waals surface area (Å²) in [6, 6.07) is 10.4. The number of piperidine rings is 1. The molecule has 0 atom stereocenters. The van der Waals surface area contributed by atoms with Crippen molar-refractivity contribution in [3.8, 4) is 11.4 Å². The SMILES string of the molecule is COC(=O)N1Cc2nnc(-c3ccc(F)cc3)n2C2(CCN(Cc3ccncc3)CC2)C1. The molecule has 2 aliphatic heterocycles. The topological polar surface area (TPSA) is 76.4 Å². The Morgan fingerprint density at radius 3 is 2.50 bits per heavy atom. The lowest BCUT2D eigenvalue weighted by Crippen LogP contribution is -2.57. The van der Waals surface area contributed by atoms with Crippen LogP contribution in [-0.2, 0) is 23.4 Å². The molecular weight excluding hydrogens is 411 g/mol. The number of amides is 1. The van der Waals surface area contributed by atoms with Crippen LogP contribution in [0, 0.1) is 5.82 Å². The fourth-order valence-corrected chi connectivity index (χ4v) is 4.87. The second kappa shape index (κ2) is 8.31. The summed E-state index contributed by atoms with van der Waals surface area (Å²) in [6.07, 6.45) is 4.94. The predicted molar refractivity (Wildman–Crippen MR) is 115 cm³/mol. The molecule has 166 valence electrons. The Labute approximate surface area is 185 Å². The number of carbonyl (C=O) groups is 1. The Bertz CT molecular complexity index is 1090. The van der Waals surface area contributed by atoms with Crippen LogP contribution < -0.4 is 0 Å². The standard InChI is InChI=1S/C23H25FN6O2/c1-32-22(31)29-15-20-26-27-21(18-2-4-19(24)5-3-18)30(20)23(16-29)8-12-28(13-9-23)14-17-6-10-25-11-7-17/h2-7,10-11H,8-9,12-16H2,1H3. The number of ether oxygens (including phenoxy) is 1. The molecule has 4 heterocycles. The Morgan fingerprint density at radius 2 is 1.81 bits per heavy atom. The Hall–Kier alpha value is -3.33. The molecule has 5 rings (SSSR count). The van der Waals surface area contributed by atoms with Crippen molar-refractivity contribution in [1.82, 2.24) is 29.5 Å². The van der Waals surface area contributed by atoms with E-state index in [0.717, 1.165) is 43.9 Å². The molecule has 9 heteroatoms. The number of carbonyl (C=O) groups excluding carboxylic acids is 1. The maximum Gasteiger partial charge on any atom is 0.409 e. The first-order valence-electron chi connectivity index (χ1n) is 10.7. The third kappa shape index (κ3) is 3.73. The third-order valence-corrected chi connectivity index (χ3v) is 6.50. The number of aromatic nitrogens is 4. The van der Waals surface area contributed by atoms with Crippen molar-refractivity contribution in [3.05, 3.63) is 66.0 Å². The minimum atomic E-state index is -0.360. The van der Waals surface area contributed by atoms with Gasteiger partial charge in [-0.1, -0.05) is 0 Å². The van der Waals surface area contributed by atoms with Crippen molar-refractivity contribution in [1.29, 1.82) is 0 Å². The third-order valence-electron chi connectivity index (χ3n) is 6.50. The first-order chi connectivity index (χ1) is 15.6. The lowest BCUT2D eigenvalue weighted by molar-refractivity contribution is 0.0341. The monoisotopic (exact) mass is 436 g/mol. The smallest absolute Gasteiger partial charge is 0.409 e. The molecule has 0 aliphatic carbocycles. The van der Waals surface area contributed by atoms with E-state index in [1.165, 1.54) is 24.8 Å². The molecule has 8 nitrogen and oxygen atoms in total. The average Bonchev–Trinajstić information content (AvgIpc) is 3.26. The molecule has 1 aromatic carbocycles. The second-order valence-electron chi connectivity index (χ2n) is 8.46. The average molecular weight is 436 g/mol. The van der Waals surface area contributed by atoms with Gasteiger partial charge in [0.2, 0.25) is 0 Å². The van der Waals surface area contributed by atoms with Crippen LogP contribution in [0.2, 0.25) is 0 Å². The maximum absolute atomic E-state index is 13.5. The van der Waals surface area contributed by atoms with Crippen molar-refractivity contribution >= 4 is 6.09 Å². The quantitative estimate of drug-likeness (QED) is 0.628. The van der Waals surface area contributed by atoms with Crippen molar-refractivity contribution < 1.29 is 13.9 Å². The predicted octanol–water partition coefficient (Wildman–Crippen LogP) is 3.05. The number of nitrogens with zero attached hydrogens (tertiary/aromatic N) is 6. The van der Waals surface area contributed by atoms with E-state index in [1.54, 1.807) is 17.0 Å². The van der Waals surface area contributed by atoms with Crippen LogP contribution in [0.1, 0.15) is 24.2 Å². The molecule has 0 unspecified atom stereocenters. The largest absolute Gasteiger partial charge is 0.453 e. The number of fused-ring (bicyclic) bond motifs is 2. The van der Waals surface area contributed by atoms with Crippen molar-refractivity contribution in [2.24, 2.45) is 0 Å². The summed E-state index contributed by atoms with van der Waals surface area (Å²) in [6.45, 7) is 3.47. The zero-order valence-electron chi connectivity index (χ0n) is 17.9. The van der Waals surface area contributed by atoms with E-state index in [9.17, 15) is 9.18 Å². The summed E-state index contributed by atoms with van der Waals surface area (Å²) < 4.78 is 20.7. The number of benzene rings is 1. The molecule has 0 radical (unpaired) electrons. The molecule has 1 spiro atoms. The molecule has 1 saturated heterocycles. The molecule has 32 heavy (non-hydrogen) atoms. The first-order valence-corrected chi connectivity index (χ1v) is 10.7. The van der Waals surface area contributed by atoms with Gasteiger partial charge >= 0.3 is 6.09 Å². The fourth-order valence-electron chi connectivity index (χ4n) is 4.87. The molecule has 0 saturated carbocycles. The lowest BCUT2D eigenvalue weighted by atomic mass is 9.84. The number of hydrogen-bond donors (Lipinski definition) is 0. The maximum atomic E-state index is 13.5. The van der Waals surface area contributed by atoms with E-state index < -0.39 is 0 Å². The number of methoxy groups -OCH3 is 1. The van der Waals surface area contributed by atoms with Gasteiger partial charge in [0.1, 0.15) is 5.82 Å². The lowest BCUT2D eigenvalue weighted by Gasteiger charge is -2.48. The second-order valence-corrected chi connectivity index (χ2v) is 8.46. The summed E-state index contributed by atoms with van der Waals surface area (Å²) in [7, 11) is 1.40. The van der Waals surface area contributed by atoms with Crippen LogP contribution >= 0.6 is 0 Å². The summed E-state index contributed by atoms with van der Waals surface area (Å²) in [4.78, 5) is 20.6. The zero-order valence-corrected chi connectivity index (χ0v) is 17.9. The molecule has 2 aliphatic rings. The van der Waals surface area contributed by atoms with Gasteiger partial charge in [0, 0.05) is 44.1 Å². The number of halogens is 1. The highest BCUT2D eigenvalue weighted by Crippen LogP contribution is 2.39. The molecule has 2 aromatic heterocycles. The normalized spacial score (nSPS) is 17.9. The molecule has 0 bridgehead atoms. The number of likely N-dealkylation sites (tertiary alicyclic amines) is 1. The highest BCUT2D eigenvalue weighted by Gasteiger charge is 2.45. The van der Waals surface area contributed by atoms with Gasteiger partial charge in [-0.15, -0.1) is 10.2 Å². The molecule has 1 amide bonds. The van der Waals surface area contributed by atoms with Gasteiger partial charge in [-0.05, 0) is 54.8 Å². The van der Waals surface area contributed by atoms with Gasteiger partial charge in [-0.25, -0.2) is 9.18 Å². The van der Waals surface area contributed by atoms with Gasteiger partial charge in [0.15, 0.2) is 11.6 Å². The Balaban J connectivity index is 1.47. The summed E-state index contributed by atoms with van der Waals surface area (Å²) in [5, 5.41) is 8.85. The van der Waals surface area contributed by atoms with Crippen molar-refractivity contribution in [2.75, 3.05) is 26.7 Å². The van der Waals surface area contributed by atoms with Gasteiger partial charge in [0.25, 0.3) is 0 Å². The Kier molecular flexibility index (Phi) is 5.34. The van der Waals surface area contributed by atoms with Crippen LogP contribution in [0.3, 0.4) is 0 Å². The van der Waals surface area contributed by atoms with Crippen LogP contribution in [0.5, 0.6) is 0 Å². The van der Waals surface area contributed by atoms with E-state index in [4.69, 9.17) is 4.74 Å². The van der Waals surface area contributed by atoms with Crippen LogP contribution in [0.4, 0.5) is 9.18 Å². The van der Waals surface area contributed by atoms with Gasteiger partial charge < -0.3 is 9.30 Å². The number of pyridine rings is 1. The molecular formula is C23H25FN6O2. The van der Waals surface area contributed by atoms with E-state index in [-0.39, 0.29) is 17.4 Å². The van der Waals surface area contributed by atoms with Crippen LogP contribution in [-0.4, -0.2) is 62.4 Å². The van der Waals surface area contributed by atoms with Gasteiger partial charge in [-0.3, -0.25) is 14.8 Å². The summed E-state index contributed by atoms with van der Waals surface area (Å²) >= 11 is 0. The minimum Gasteiger partial charge on any atom is -0.453 e. The highest BCUT2D eigenvalue weighted by molar-refractivity contribution is 5.68. The van der Waals surface area contributed by atoms with Crippen LogP contribution in [0.15, 0.2) is 48.8 Å². The van der Waals surface area contributed by atoms with Gasteiger partial charge in [0.05, 0.1) is 19.2 Å². The Morgan fingerprint density at radius 1 is 1.09 bits per heavy atom. The van der Waals surface area contributed by atoms with Gasteiger partial charge in [-0.2, -0.15) is 0 Å². The van der Waals surface area contributed by atoms with E-state index in [0.29, 0.717) is 18.9 Å². The summed E-state index contributed by atoms with van der Waals surface area (Å²) in [5.41, 5.74) is 1.70. The minimum absolute atomic E-state index is 0.289. The fraction of sp³-hybridized carbons (Fsp3) is 0.391. The first kappa shape index (κ1) is 20.6. The number of hydrogen-bond acceptors (Lipinski definition) is 6. The molecule has 0 N–H and O–H groups in total. The van der Waals surface area contributed by atoms with Crippen molar-refractivity contribution in [2.45, 2.75) is 31.5 Å². The van der Waals surface area contributed by atoms with E-state index in [1.807, 2.05) is 24.5 Å². The van der Waals surface area contributed by atoms with Crippen molar-refractivity contribution in [3.63, 3.8) is 0 Å². The van der Waals surface area contributed by atoms with E-state index >= 15 is 0 Å². The molecule has 1 fully saturated rings. The van der Waals surface area contributed by atoms with Crippen LogP contribution in [0.25, 0.3) is 11.4 Å². The molecule has 3 aromatic rings. The van der Waals surface area contributed by atoms with E-state index in [2.05, 4.69) is 24.6 Å². The highest BCUT2D eigenvalue weighted by atomic mass is 19.1. The zero-order chi connectivity index (χ0) is 22.1.